The minimum atomic E-state index is -0.0386. The molecule has 0 aliphatic carbocycles. The normalized spacial score (nSPS) is 11.7. The zero-order valence-corrected chi connectivity index (χ0v) is 8.59. The number of fused-ring (bicyclic) bond motifs is 1. The Hall–Kier alpha value is -0.990. The molecule has 0 radical (unpaired) electrons. The summed E-state index contributed by atoms with van der Waals surface area (Å²) in [5.41, 5.74) is 1.82. The summed E-state index contributed by atoms with van der Waals surface area (Å²) in [7, 11) is 0. The molecule has 2 rings (SSSR count). The Morgan fingerprint density at radius 2 is 2.14 bits per heavy atom. The number of hydrogen-bond acceptors (Lipinski definition) is 2. The topological polar surface area (TPSA) is 20.2 Å². The third-order valence-electron chi connectivity index (χ3n) is 2.37. The average Bonchev–Trinajstić information content (AvgIpc) is 2.28. The van der Waals surface area contributed by atoms with Crippen molar-refractivity contribution in [2.75, 3.05) is 0 Å². The summed E-state index contributed by atoms with van der Waals surface area (Å²) < 4.78 is 7.84. The molecule has 1 N–H and O–H groups in total. The van der Waals surface area contributed by atoms with Crippen molar-refractivity contribution in [3.63, 3.8) is 0 Å². The zero-order chi connectivity index (χ0) is 10.8. The highest BCUT2D eigenvalue weighted by Crippen LogP contribution is 2.23. The van der Waals surface area contributed by atoms with E-state index in [1.54, 1.807) is 6.07 Å². The molecule has 0 atom stereocenters. The molecule has 72 valence electrons. The first-order valence-corrected chi connectivity index (χ1v) is 5.13. The molecule has 2 aromatic rings. The monoisotopic (exact) mass is 205 g/mol. The van der Waals surface area contributed by atoms with Crippen LogP contribution in [0.4, 0.5) is 0 Å². The van der Waals surface area contributed by atoms with Crippen molar-refractivity contribution < 1.29 is 6.48 Å². The van der Waals surface area contributed by atoms with Gasteiger partial charge < -0.3 is 5.11 Å². The summed E-state index contributed by atoms with van der Waals surface area (Å²) >= 11 is 4.22. The maximum absolute atomic E-state index is 9.35. The van der Waals surface area contributed by atoms with E-state index >= 15 is 0 Å². The minimum Gasteiger partial charge on any atom is -0.392 e. The largest absolute Gasteiger partial charge is 0.392 e. The Balaban J connectivity index is 2.85. The molecule has 0 unspecified atom stereocenters. The Morgan fingerprint density at radius 3 is 2.86 bits per heavy atom. The SMILES string of the molecule is [2H]c1cccc2ccc(CS)c(CO)c12. The lowest BCUT2D eigenvalue weighted by atomic mass is 10.0. The molecule has 0 aliphatic rings. The van der Waals surface area contributed by atoms with Crippen molar-refractivity contribution in [2.45, 2.75) is 12.4 Å². The second-order valence-electron chi connectivity index (χ2n) is 3.15. The first-order valence-electron chi connectivity index (χ1n) is 4.99. The molecule has 0 aromatic heterocycles. The van der Waals surface area contributed by atoms with Gasteiger partial charge in [-0.25, -0.2) is 0 Å². The quantitative estimate of drug-likeness (QED) is 0.722. The second kappa shape index (κ2) is 4.03. The molecule has 0 aliphatic heterocycles. The predicted octanol–water partition coefficient (Wildman–Crippen LogP) is 2.76. The summed E-state index contributed by atoms with van der Waals surface area (Å²) in [6.07, 6.45) is 0. The minimum absolute atomic E-state index is 0.0386. The fraction of sp³-hybridized carbons (Fsp3) is 0.167. The van der Waals surface area contributed by atoms with E-state index < -0.39 is 0 Å². The average molecular weight is 205 g/mol. The summed E-state index contributed by atoms with van der Waals surface area (Å²) in [6.45, 7) is -0.0386. The Morgan fingerprint density at radius 1 is 1.29 bits per heavy atom. The molecule has 0 fully saturated rings. The Kier molecular flexibility index (Phi) is 2.40. The third-order valence-corrected chi connectivity index (χ3v) is 2.71. The van der Waals surface area contributed by atoms with Crippen molar-refractivity contribution >= 4 is 23.4 Å². The van der Waals surface area contributed by atoms with Gasteiger partial charge in [-0.15, -0.1) is 0 Å². The van der Waals surface area contributed by atoms with E-state index in [0.717, 1.165) is 21.9 Å². The third kappa shape index (κ3) is 1.51. The zero-order valence-electron chi connectivity index (χ0n) is 8.70. The van der Waals surface area contributed by atoms with Crippen molar-refractivity contribution in [2.24, 2.45) is 0 Å². The maximum atomic E-state index is 9.35. The van der Waals surface area contributed by atoms with Gasteiger partial charge in [0.15, 0.2) is 0 Å². The van der Waals surface area contributed by atoms with Crippen LogP contribution in [0.25, 0.3) is 10.8 Å². The van der Waals surface area contributed by atoms with Gasteiger partial charge in [-0.2, -0.15) is 12.6 Å². The maximum Gasteiger partial charge on any atom is 0.0690 e. The Labute approximate surface area is 90.2 Å². The van der Waals surface area contributed by atoms with Crippen molar-refractivity contribution in [1.29, 1.82) is 0 Å². The van der Waals surface area contributed by atoms with Crippen LogP contribution in [0.3, 0.4) is 0 Å². The van der Waals surface area contributed by atoms with Crippen LogP contribution in [-0.2, 0) is 12.4 Å². The second-order valence-corrected chi connectivity index (χ2v) is 3.47. The first-order chi connectivity index (χ1) is 7.27. The number of rotatable bonds is 2. The smallest absolute Gasteiger partial charge is 0.0690 e. The number of aliphatic hydroxyl groups excluding tert-OH is 1. The van der Waals surface area contributed by atoms with E-state index in [0.29, 0.717) is 11.8 Å². The van der Waals surface area contributed by atoms with E-state index in [1.807, 2.05) is 24.3 Å². The van der Waals surface area contributed by atoms with Gasteiger partial charge in [0.1, 0.15) is 0 Å². The standard InChI is InChI=1S/C12H12OS/c13-7-12-10(8-14)6-5-9-3-1-2-4-11(9)12/h1-6,13-14H,7-8H2/i4D. The van der Waals surface area contributed by atoms with Crippen LogP contribution in [0, 0.1) is 0 Å². The van der Waals surface area contributed by atoms with Gasteiger partial charge in [-0.3, -0.25) is 0 Å². The lowest BCUT2D eigenvalue weighted by molar-refractivity contribution is 0.282. The molecule has 0 bridgehead atoms. The van der Waals surface area contributed by atoms with Gasteiger partial charge in [0.25, 0.3) is 0 Å². The van der Waals surface area contributed by atoms with Crippen LogP contribution >= 0.6 is 12.6 Å². The van der Waals surface area contributed by atoms with Gasteiger partial charge in [-0.05, 0) is 21.9 Å². The molecule has 0 amide bonds. The molecule has 1 nitrogen and oxygen atoms in total. The van der Waals surface area contributed by atoms with Gasteiger partial charge in [0.05, 0.1) is 7.98 Å². The van der Waals surface area contributed by atoms with Crippen LogP contribution in [0.5, 0.6) is 0 Å². The van der Waals surface area contributed by atoms with Gasteiger partial charge >= 0.3 is 0 Å². The van der Waals surface area contributed by atoms with E-state index in [9.17, 15) is 5.11 Å². The highest BCUT2D eigenvalue weighted by Gasteiger charge is 2.04. The highest BCUT2D eigenvalue weighted by atomic mass is 32.1. The number of hydrogen-bond donors (Lipinski definition) is 2. The number of thiol groups is 1. The van der Waals surface area contributed by atoms with Gasteiger partial charge in [0, 0.05) is 5.75 Å². The fourth-order valence-electron chi connectivity index (χ4n) is 1.63. The molecule has 0 saturated carbocycles. The first kappa shape index (κ1) is 8.33. The number of aliphatic hydroxyl groups is 1. The molecule has 0 heterocycles. The lowest BCUT2D eigenvalue weighted by Crippen LogP contribution is -1.92. The van der Waals surface area contributed by atoms with Crippen LogP contribution in [0.1, 0.15) is 12.5 Å². The number of benzene rings is 2. The lowest BCUT2D eigenvalue weighted by Gasteiger charge is -2.08. The van der Waals surface area contributed by atoms with Crippen LogP contribution in [0.2, 0.25) is 0 Å². The molecule has 2 heteroatoms. The molecule has 0 saturated heterocycles. The fourth-order valence-corrected chi connectivity index (χ4v) is 1.93. The predicted molar refractivity (Wildman–Crippen MR) is 62.6 cm³/mol. The summed E-state index contributed by atoms with van der Waals surface area (Å²) in [6, 6.07) is 9.93. The molecular weight excluding hydrogens is 192 g/mol. The van der Waals surface area contributed by atoms with Crippen LogP contribution < -0.4 is 0 Å². The van der Waals surface area contributed by atoms with Crippen LogP contribution in [-0.4, -0.2) is 5.11 Å². The van der Waals surface area contributed by atoms with E-state index in [4.69, 9.17) is 1.37 Å². The van der Waals surface area contributed by atoms with Gasteiger partial charge in [0.2, 0.25) is 0 Å². The summed E-state index contributed by atoms with van der Waals surface area (Å²) in [5.74, 6) is 0.583. The van der Waals surface area contributed by atoms with Crippen molar-refractivity contribution in [1.82, 2.24) is 0 Å². The summed E-state index contributed by atoms with van der Waals surface area (Å²) in [4.78, 5) is 0. The van der Waals surface area contributed by atoms with E-state index in [2.05, 4.69) is 12.6 Å². The van der Waals surface area contributed by atoms with Crippen molar-refractivity contribution in [3.8, 4) is 0 Å². The van der Waals surface area contributed by atoms with Crippen LogP contribution in [0.15, 0.2) is 36.4 Å². The molecular formula is C12H12OS. The highest BCUT2D eigenvalue weighted by molar-refractivity contribution is 7.79. The molecule has 0 spiro atoms. The van der Waals surface area contributed by atoms with Crippen molar-refractivity contribution in [3.05, 3.63) is 47.5 Å². The van der Waals surface area contributed by atoms with E-state index in [-0.39, 0.29) is 6.61 Å². The Bertz CT molecular complexity index is 496. The van der Waals surface area contributed by atoms with Gasteiger partial charge in [-0.1, -0.05) is 36.4 Å². The summed E-state index contributed by atoms with van der Waals surface area (Å²) in [5, 5.41) is 11.2. The molecule has 2 aromatic carbocycles. The van der Waals surface area contributed by atoms with E-state index in [1.165, 1.54) is 0 Å². The molecule has 14 heavy (non-hydrogen) atoms.